The van der Waals surface area contributed by atoms with Crippen LogP contribution in [0.25, 0.3) is 0 Å². The van der Waals surface area contributed by atoms with Gasteiger partial charge in [-0.15, -0.1) is 0 Å². The lowest BCUT2D eigenvalue weighted by Gasteiger charge is -2.24. The number of carbonyl (C=O) groups excluding carboxylic acids is 2. The van der Waals surface area contributed by atoms with Gasteiger partial charge in [-0.3, -0.25) is 4.79 Å². The molecule has 1 heterocycles. The van der Waals surface area contributed by atoms with Gasteiger partial charge in [0.15, 0.2) is 0 Å². The molecule has 1 aliphatic rings. The van der Waals surface area contributed by atoms with Crippen LogP contribution < -0.4 is 0 Å². The minimum atomic E-state index is -0.492. The number of esters is 1. The normalized spacial score (nSPS) is 19.8. The summed E-state index contributed by atoms with van der Waals surface area (Å²) in [5.74, 6) is -0.187. The van der Waals surface area contributed by atoms with Crippen LogP contribution in [0.4, 0.5) is 4.79 Å². The lowest BCUT2D eigenvalue weighted by atomic mass is 10.2. The molecule has 0 unspecified atom stereocenters. The fourth-order valence-corrected chi connectivity index (χ4v) is 1.77. The number of carbonyl (C=O) groups is 2. The average Bonchev–Trinajstić information content (AvgIpc) is 2.63. The highest BCUT2D eigenvalue weighted by Crippen LogP contribution is 2.17. The summed E-state index contributed by atoms with van der Waals surface area (Å²) in [7, 11) is 0. The van der Waals surface area contributed by atoms with Crippen molar-refractivity contribution in [2.24, 2.45) is 0 Å². The molecule has 1 fully saturated rings. The third-order valence-corrected chi connectivity index (χ3v) is 2.55. The van der Waals surface area contributed by atoms with Gasteiger partial charge in [0, 0.05) is 19.4 Å². The summed E-state index contributed by atoms with van der Waals surface area (Å²) in [6, 6.07) is 0. The highest BCUT2D eigenvalue weighted by molar-refractivity contribution is 5.70. The molecule has 1 amide bonds. The minimum absolute atomic E-state index is 0.184. The van der Waals surface area contributed by atoms with Crippen LogP contribution in [-0.2, 0) is 14.3 Å². The summed E-state index contributed by atoms with van der Waals surface area (Å²) in [6.07, 6.45) is 1.38. The van der Waals surface area contributed by atoms with Crippen LogP contribution in [0.3, 0.4) is 0 Å². The molecule has 0 radical (unpaired) electrons. The fourth-order valence-electron chi connectivity index (χ4n) is 1.77. The Morgan fingerprint density at radius 1 is 1.33 bits per heavy atom. The van der Waals surface area contributed by atoms with Crippen LogP contribution in [0.1, 0.15) is 47.0 Å². The van der Waals surface area contributed by atoms with E-state index >= 15 is 0 Å². The largest absolute Gasteiger partial charge is 0.460 e. The zero-order valence-electron chi connectivity index (χ0n) is 11.7. The smallest absolute Gasteiger partial charge is 0.410 e. The van der Waals surface area contributed by atoms with E-state index in [1.807, 2.05) is 27.7 Å². The van der Waals surface area contributed by atoms with Crippen molar-refractivity contribution in [1.82, 2.24) is 4.90 Å². The molecule has 18 heavy (non-hydrogen) atoms. The van der Waals surface area contributed by atoms with Crippen molar-refractivity contribution >= 4 is 12.1 Å². The third kappa shape index (κ3) is 4.94. The molecule has 5 nitrogen and oxygen atoms in total. The molecule has 0 saturated carbocycles. The van der Waals surface area contributed by atoms with Gasteiger partial charge < -0.3 is 14.4 Å². The monoisotopic (exact) mass is 257 g/mol. The second-order valence-corrected chi connectivity index (χ2v) is 5.58. The molecule has 104 valence electrons. The molecule has 0 bridgehead atoms. The zero-order chi connectivity index (χ0) is 13.8. The molecular weight excluding hydrogens is 234 g/mol. The number of rotatable bonds is 3. The first-order chi connectivity index (χ1) is 8.31. The van der Waals surface area contributed by atoms with Crippen LogP contribution in [-0.4, -0.2) is 41.8 Å². The van der Waals surface area contributed by atoms with Gasteiger partial charge in [0.1, 0.15) is 11.7 Å². The molecule has 0 aliphatic carbocycles. The lowest BCUT2D eigenvalue weighted by molar-refractivity contribution is -0.148. The Balaban J connectivity index is 2.37. The third-order valence-electron chi connectivity index (χ3n) is 2.55. The number of hydrogen-bond donors (Lipinski definition) is 0. The Morgan fingerprint density at radius 3 is 2.56 bits per heavy atom. The van der Waals surface area contributed by atoms with Crippen molar-refractivity contribution < 1.29 is 19.1 Å². The first-order valence-corrected chi connectivity index (χ1v) is 6.49. The summed E-state index contributed by atoms with van der Waals surface area (Å²) < 4.78 is 10.5. The molecule has 0 N–H and O–H groups in total. The molecular formula is C13H23NO4. The number of ether oxygens (including phenoxy) is 2. The fraction of sp³-hybridized carbons (Fsp3) is 0.846. The van der Waals surface area contributed by atoms with E-state index in [9.17, 15) is 9.59 Å². The van der Waals surface area contributed by atoms with E-state index in [2.05, 4.69) is 0 Å². The summed E-state index contributed by atoms with van der Waals surface area (Å²) >= 11 is 0. The molecule has 1 saturated heterocycles. The first-order valence-electron chi connectivity index (χ1n) is 6.49. The first kappa shape index (κ1) is 14.8. The van der Waals surface area contributed by atoms with E-state index in [0.717, 1.165) is 6.42 Å². The molecule has 1 rings (SSSR count). The second-order valence-electron chi connectivity index (χ2n) is 5.58. The topological polar surface area (TPSA) is 55.8 Å². The molecule has 0 aromatic heterocycles. The van der Waals surface area contributed by atoms with Gasteiger partial charge in [0.2, 0.25) is 0 Å². The molecule has 1 atom stereocenters. The zero-order valence-corrected chi connectivity index (χ0v) is 11.7. The van der Waals surface area contributed by atoms with E-state index in [1.165, 1.54) is 0 Å². The quantitative estimate of drug-likeness (QED) is 0.728. The van der Waals surface area contributed by atoms with Gasteiger partial charge in [-0.25, -0.2) is 4.79 Å². The Labute approximate surface area is 108 Å². The van der Waals surface area contributed by atoms with Gasteiger partial charge in [-0.2, -0.15) is 0 Å². The number of hydrogen-bond acceptors (Lipinski definition) is 4. The summed E-state index contributed by atoms with van der Waals surface area (Å²) in [4.78, 5) is 24.7. The summed E-state index contributed by atoms with van der Waals surface area (Å²) in [6.45, 7) is 8.45. The van der Waals surface area contributed by atoms with Gasteiger partial charge in [0.25, 0.3) is 0 Å². The maximum Gasteiger partial charge on any atom is 0.410 e. The van der Waals surface area contributed by atoms with Crippen molar-refractivity contribution in [3.05, 3.63) is 0 Å². The number of amides is 1. The van der Waals surface area contributed by atoms with E-state index < -0.39 is 5.60 Å². The highest BCUT2D eigenvalue weighted by Gasteiger charge is 2.31. The summed E-state index contributed by atoms with van der Waals surface area (Å²) in [5.41, 5.74) is -0.492. The van der Waals surface area contributed by atoms with Gasteiger partial charge >= 0.3 is 12.1 Å². The SMILES string of the molecule is CCCC(=O)O[C@@H]1CCN(C(=O)OC(C)(C)C)C1. The van der Waals surface area contributed by atoms with Gasteiger partial charge in [-0.1, -0.05) is 6.92 Å². The Bertz CT molecular complexity index is 309. The maximum atomic E-state index is 11.8. The van der Waals surface area contributed by atoms with Crippen molar-refractivity contribution in [3.63, 3.8) is 0 Å². The van der Waals surface area contributed by atoms with Crippen molar-refractivity contribution in [1.29, 1.82) is 0 Å². The van der Waals surface area contributed by atoms with E-state index in [1.54, 1.807) is 4.90 Å². The standard InChI is InChI=1S/C13H23NO4/c1-5-6-11(15)17-10-7-8-14(9-10)12(16)18-13(2,3)4/h10H,5-9H2,1-4H3/t10-/m1/s1. The highest BCUT2D eigenvalue weighted by atomic mass is 16.6. The van der Waals surface area contributed by atoms with Crippen LogP contribution in [0.2, 0.25) is 0 Å². The Hall–Kier alpha value is -1.26. The van der Waals surface area contributed by atoms with E-state index in [-0.39, 0.29) is 18.2 Å². The molecule has 0 aromatic rings. The Morgan fingerprint density at radius 2 is 2.00 bits per heavy atom. The van der Waals surface area contributed by atoms with Crippen molar-refractivity contribution in [3.8, 4) is 0 Å². The van der Waals surface area contributed by atoms with Crippen molar-refractivity contribution in [2.45, 2.75) is 58.7 Å². The van der Waals surface area contributed by atoms with Crippen LogP contribution in [0.5, 0.6) is 0 Å². The van der Waals surface area contributed by atoms with Crippen LogP contribution >= 0.6 is 0 Å². The average molecular weight is 257 g/mol. The van der Waals surface area contributed by atoms with E-state index in [0.29, 0.717) is 25.9 Å². The van der Waals surface area contributed by atoms with Gasteiger partial charge in [-0.05, 0) is 27.2 Å². The minimum Gasteiger partial charge on any atom is -0.460 e. The Kier molecular flexibility index (Phi) is 4.99. The van der Waals surface area contributed by atoms with E-state index in [4.69, 9.17) is 9.47 Å². The van der Waals surface area contributed by atoms with Gasteiger partial charge in [0.05, 0.1) is 6.54 Å². The molecule has 1 aliphatic heterocycles. The molecule has 0 spiro atoms. The lowest BCUT2D eigenvalue weighted by Crippen LogP contribution is -2.36. The number of likely N-dealkylation sites (tertiary alicyclic amines) is 1. The van der Waals surface area contributed by atoms with Crippen LogP contribution in [0, 0.1) is 0 Å². The second kappa shape index (κ2) is 6.07. The molecule has 5 heteroatoms. The van der Waals surface area contributed by atoms with Crippen molar-refractivity contribution in [2.75, 3.05) is 13.1 Å². The predicted octanol–water partition coefficient (Wildman–Crippen LogP) is 2.34. The van der Waals surface area contributed by atoms with Crippen LogP contribution in [0.15, 0.2) is 0 Å². The summed E-state index contributed by atoms with van der Waals surface area (Å²) in [5, 5.41) is 0. The number of nitrogens with zero attached hydrogens (tertiary/aromatic N) is 1. The maximum absolute atomic E-state index is 11.8. The predicted molar refractivity (Wildman–Crippen MR) is 67.2 cm³/mol. The molecule has 0 aromatic carbocycles.